The van der Waals surface area contributed by atoms with Gasteiger partial charge in [0.05, 0.1) is 10.9 Å². The minimum Gasteiger partial charge on any atom is -0.382 e. The van der Waals surface area contributed by atoms with Gasteiger partial charge in [0.2, 0.25) is 0 Å². The van der Waals surface area contributed by atoms with Gasteiger partial charge in [-0.1, -0.05) is 11.6 Å². The first-order chi connectivity index (χ1) is 7.37. The summed E-state index contributed by atoms with van der Waals surface area (Å²) in [6, 6.07) is 1.30. The zero-order valence-corrected chi connectivity index (χ0v) is 8.55. The number of nitrogens with zero attached hydrogens (tertiary/aromatic N) is 3. The van der Waals surface area contributed by atoms with E-state index in [1.54, 1.807) is 0 Å². The van der Waals surface area contributed by atoms with Gasteiger partial charge >= 0.3 is 6.18 Å². The van der Waals surface area contributed by atoms with Crippen LogP contribution in [-0.2, 0) is 6.54 Å². The van der Waals surface area contributed by atoms with Crippen molar-refractivity contribution in [3.8, 4) is 0 Å². The zero-order valence-electron chi connectivity index (χ0n) is 7.79. The van der Waals surface area contributed by atoms with Crippen molar-refractivity contribution in [3.63, 3.8) is 0 Å². The molecule has 2 N–H and O–H groups in total. The van der Waals surface area contributed by atoms with Gasteiger partial charge in [-0.3, -0.25) is 4.68 Å². The highest BCUT2D eigenvalue weighted by molar-refractivity contribution is 6.30. The second-order valence-electron chi connectivity index (χ2n) is 3.18. The molecule has 2 rings (SSSR count). The van der Waals surface area contributed by atoms with Gasteiger partial charge in [-0.2, -0.15) is 18.3 Å². The van der Waals surface area contributed by atoms with E-state index < -0.39 is 12.7 Å². The van der Waals surface area contributed by atoms with E-state index >= 15 is 0 Å². The average molecular weight is 251 g/mol. The molecule has 0 radical (unpaired) electrons. The second-order valence-corrected chi connectivity index (χ2v) is 3.57. The minimum absolute atomic E-state index is 0.00316. The third-order valence-electron chi connectivity index (χ3n) is 1.96. The number of hydrogen-bond acceptors (Lipinski definition) is 3. The number of nitrogens with two attached hydrogens (primary N) is 1. The Hall–Kier alpha value is -1.50. The Labute approximate surface area is 92.8 Å². The molecule has 0 amide bonds. The highest BCUT2D eigenvalue weighted by Crippen LogP contribution is 2.25. The smallest absolute Gasteiger partial charge is 0.382 e. The van der Waals surface area contributed by atoms with Crippen LogP contribution in [0, 0.1) is 0 Å². The van der Waals surface area contributed by atoms with E-state index in [0.29, 0.717) is 5.39 Å². The Morgan fingerprint density at radius 3 is 2.75 bits per heavy atom. The molecule has 8 heteroatoms. The summed E-state index contributed by atoms with van der Waals surface area (Å²) in [6.07, 6.45) is -3.06. The summed E-state index contributed by atoms with van der Waals surface area (Å²) in [5.41, 5.74) is 5.68. The number of halogens is 4. The minimum atomic E-state index is -4.36. The molecule has 0 saturated carbocycles. The van der Waals surface area contributed by atoms with Gasteiger partial charge in [-0.15, -0.1) is 0 Å². The van der Waals surface area contributed by atoms with Crippen LogP contribution in [0.5, 0.6) is 0 Å². The van der Waals surface area contributed by atoms with E-state index in [4.69, 9.17) is 17.3 Å². The summed E-state index contributed by atoms with van der Waals surface area (Å²) in [4.78, 5) is 3.73. The van der Waals surface area contributed by atoms with Crippen molar-refractivity contribution in [2.24, 2.45) is 0 Å². The van der Waals surface area contributed by atoms with E-state index in [-0.39, 0.29) is 16.5 Å². The van der Waals surface area contributed by atoms with Gasteiger partial charge in [0.15, 0.2) is 5.82 Å². The lowest BCUT2D eigenvalue weighted by Gasteiger charge is -2.06. The van der Waals surface area contributed by atoms with Crippen LogP contribution < -0.4 is 5.73 Å². The fraction of sp³-hybridized carbons (Fsp3) is 0.250. The highest BCUT2D eigenvalue weighted by Gasteiger charge is 2.29. The quantitative estimate of drug-likeness (QED) is 0.790. The summed E-state index contributed by atoms with van der Waals surface area (Å²) < 4.78 is 37.4. The maximum absolute atomic E-state index is 12.2. The maximum atomic E-state index is 12.2. The van der Waals surface area contributed by atoms with Crippen LogP contribution >= 0.6 is 11.6 Å². The Balaban J connectivity index is 2.57. The number of fused-ring (bicyclic) bond motifs is 1. The molecule has 0 bridgehead atoms. The molecule has 0 aliphatic rings. The Morgan fingerprint density at radius 1 is 1.44 bits per heavy atom. The van der Waals surface area contributed by atoms with E-state index in [0.717, 1.165) is 4.68 Å². The van der Waals surface area contributed by atoms with Gasteiger partial charge in [0.1, 0.15) is 11.7 Å². The monoisotopic (exact) mass is 250 g/mol. The predicted molar refractivity (Wildman–Crippen MR) is 53.0 cm³/mol. The van der Waals surface area contributed by atoms with Crippen molar-refractivity contribution in [1.82, 2.24) is 14.8 Å². The molecule has 0 spiro atoms. The fourth-order valence-electron chi connectivity index (χ4n) is 1.36. The summed E-state index contributed by atoms with van der Waals surface area (Å²) in [7, 11) is 0. The van der Waals surface area contributed by atoms with E-state index in [1.165, 1.54) is 12.3 Å². The largest absolute Gasteiger partial charge is 0.408 e. The molecule has 0 aliphatic carbocycles. The standard InChI is InChI=1S/C8H6ClF3N4/c9-6-1-5-4(2-14-6)7(13)15-16(5)3-8(10,11)12/h1-2H,3H2,(H2,13,15). The molecule has 2 aromatic heterocycles. The third-order valence-corrected chi connectivity index (χ3v) is 2.17. The van der Waals surface area contributed by atoms with Gasteiger partial charge in [0, 0.05) is 12.3 Å². The van der Waals surface area contributed by atoms with Crippen LogP contribution in [0.2, 0.25) is 5.15 Å². The lowest BCUT2D eigenvalue weighted by molar-refractivity contribution is -0.141. The number of alkyl halides is 3. The molecule has 4 nitrogen and oxygen atoms in total. The van der Waals surface area contributed by atoms with Crippen molar-refractivity contribution < 1.29 is 13.2 Å². The van der Waals surface area contributed by atoms with Crippen LogP contribution in [0.15, 0.2) is 12.3 Å². The Kier molecular flexibility index (Phi) is 2.42. The molecule has 0 atom stereocenters. The van der Waals surface area contributed by atoms with Crippen LogP contribution in [0.25, 0.3) is 10.9 Å². The van der Waals surface area contributed by atoms with Crippen molar-refractivity contribution in [1.29, 1.82) is 0 Å². The highest BCUT2D eigenvalue weighted by atomic mass is 35.5. The second kappa shape index (κ2) is 3.51. The van der Waals surface area contributed by atoms with Crippen molar-refractivity contribution in [2.75, 3.05) is 5.73 Å². The summed E-state index contributed by atoms with van der Waals surface area (Å²) in [6.45, 7) is -1.21. The normalized spacial score (nSPS) is 12.2. The van der Waals surface area contributed by atoms with Gasteiger partial charge in [-0.25, -0.2) is 4.98 Å². The van der Waals surface area contributed by atoms with Crippen LogP contribution in [-0.4, -0.2) is 20.9 Å². The van der Waals surface area contributed by atoms with Gasteiger partial charge < -0.3 is 5.73 Å². The van der Waals surface area contributed by atoms with Crippen LogP contribution in [0.3, 0.4) is 0 Å². The molecule has 16 heavy (non-hydrogen) atoms. The van der Waals surface area contributed by atoms with Crippen molar-refractivity contribution in [2.45, 2.75) is 12.7 Å². The number of hydrogen-bond donors (Lipinski definition) is 1. The fourth-order valence-corrected chi connectivity index (χ4v) is 1.51. The predicted octanol–water partition coefficient (Wildman–Crippen LogP) is 2.23. The lowest BCUT2D eigenvalue weighted by atomic mass is 10.3. The van der Waals surface area contributed by atoms with Crippen molar-refractivity contribution in [3.05, 3.63) is 17.4 Å². The molecular weight excluding hydrogens is 245 g/mol. The van der Waals surface area contributed by atoms with Crippen LogP contribution in [0.1, 0.15) is 0 Å². The van der Waals surface area contributed by atoms with E-state index in [1.807, 2.05) is 0 Å². The number of nitrogen functional groups attached to an aromatic ring is 1. The number of anilines is 1. The topological polar surface area (TPSA) is 56.7 Å². The number of aromatic nitrogens is 3. The third kappa shape index (κ3) is 2.04. The first-order valence-electron chi connectivity index (χ1n) is 4.21. The molecule has 0 fully saturated rings. The number of rotatable bonds is 1. The van der Waals surface area contributed by atoms with Gasteiger partial charge in [-0.05, 0) is 0 Å². The summed E-state index contributed by atoms with van der Waals surface area (Å²) >= 11 is 5.60. The Morgan fingerprint density at radius 2 is 2.12 bits per heavy atom. The molecule has 86 valence electrons. The van der Waals surface area contributed by atoms with Gasteiger partial charge in [0.25, 0.3) is 0 Å². The summed E-state index contributed by atoms with van der Waals surface area (Å²) in [5.74, 6) is 0.00316. The molecule has 2 aromatic rings. The molecule has 0 aliphatic heterocycles. The average Bonchev–Trinajstić information content (AvgIpc) is 2.40. The maximum Gasteiger partial charge on any atom is 0.408 e. The molecule has 0 saturated heterocycles. The van der Waals surface area contributed by atoms with Crippen LogP contribution in [0.4, 0.5) is 19.0 Å². The zero-order chi connectivity index (χ0) is 11.9. The molecule has 2 heterocycles. The molecule has 0 aromatic carbocycles. The van der Waals surface area contributed by atoms with Crippen molar-refractivity contribution >= 4 is 28.3 Å². The first kappa shape index (κ1) is 11.0. The molecule has 0 unspecified atom stereocenters. The van der Waals surface area contributed by atoms with E-state index in [9.17, 15) is 13.2 Å². The molecular formula is C8H6ClF3N4. The first-order valence-corrected chi connectivity index (χ1v) is 4.59. The lowest BCUT2D eigenvalue weighted by Crippen LogP contribution is -2.18. The Bertz CT molecular complexity index is 534. The SMILES string of the molecule is Nc1nn(CC(F)(F)F)c2cc(Cl)ncc12. The van der Waals surface area contributed by atoms with E-state index in [2.05, 4.69) is 10.1 Å². The number of pyridine rings is 1. The summed E-state index contributed by atoms with van der Waals surface area (Å²) in [5, 5.41) is 4.04.